The van der Waals surface area contributed by atoms with Gasteiger partial charge in [0.1, 0.15) is 5.82 Å². The predicted molar refractivity (Wildman–Crippen MR) is 81.6 cm³/mol. The highest BCUT2D eigenvalue weighted by Gasteiger charge is 2.09. The van der Waals surface area contributed by atoms with Gasteiger partial charge in [-0.2, -0.15) is 0 Å². The number of aromatic nitrogens is 1. The van der Waals surface area contributed by atoms with E-state index in [9.17, 15) is 17.2 Å². The Hall–Kier alpha value is -2.22. The number of nitrogens with one attached hydrogen (secondary N) is 2. The number of pyridine rings is 1. The molecule has 0 saturated carbocycles. The number of hydrogen-bond acceptors (Lipinski definition) is 4. The molecule has 0 radical (unpaired) electrons. The molecule has 2 aromatic rings. The third kappa shape index (κ3) is 4.39. The molecular formula is C14H15F2N3O2S. The van der Waals surface area contributed by atoms with Crippen molar-refractivity contribution in [2.75, 3.05) is 15.8 Å². The number of benzene rings is 1. The van der Waals surface area contributed by atoms with Crippen molar-refractivity contribution < 1.29 is 17.2 Å². The summed E-state index contributed by atoms with van der Waals surface area (Å²) in [4.78, 5) is 3.96. The summed E-state index contributed by atoms with van der Waals surface area (Å²) in [5.74, 6) is -1.67. The first-order valence-electron chi connectivity index (χ1n) is 6.58. The normalized spacial score (nSPS) is 11.2. The van der Waals surface area contributed by atoms with Crippen LogP contribution in [0.25, 0.3) is 0 Å². The van der Waals surface area contributed by atoms with Crippen LogP contribution < -0.4 is 10.0 Å². The smallest absolute Gasteiger partial charge is 0.233 e. The van der Waals surface area contributed by atoms with Crippen molar-refractivity contribution in [3.63, 3.8) is 0 Å². The molecule has 22 heavy (non-hydrogen) atoms. The van der Waals surface area contributed by atoms with Crippen molar-refractivity contribution >= 4 is 27.2 Å². The Morgan fingerprint density at radius 1 is 1.09 bits per heavy atom. The van der Waals surface area contributed by atoms with Gasteiger partial charge >= 0.3 is 0 Å². The van der Waals surface area contributed by atoms with Gasteiger partial charge in [0.25, 0.3) is 0 Å². The zero-order valence-corrected chi connectivity index (χ0v) is 12.6. The number of hydrogen-bond donors (Lipinski definition) is 2. The molecule has 0 aliphatic carbocycles. The predicted octanol–water partition coefficient (Wildman–Crippen LogP) is 3.26. The highest BCUT2D eigenvalue weighted by molar-refractivity contribution is 7.92. The van der Waals surface area contributed by atoms with E-state index in [4.69, 9.17) is 0 Å². The number of rotatable bonds is 6. The lowest BCUT2D eigenvalue weighted by Crippen LogP contribution is -2.16. The van der Waals surface area contributed by atoms with Crippen LogP contribution in [-0.2, 0) is 10.0 Å². The maximum absolute atomic E-state index is 13.1. The Labute approximate surface area is 127 Å². The molecule has 8 heteroatoms. The number of sulfonamides is 1. The summed E-state index contributed by atoms with van der Waals surface area (Å²) in [6, 6.07) is 6.48. The molecule has 0 aliphatic rings. The summed E-state index contributed by atoms with van der Waals surface area (Å²) in [6.07, 6.45) is 1.90. The van der Waals surface area contributed by atoms with E-state index >= 15 is 0 Å². The lowest BCUT2D eigenvalue weighted by atomic mass is 10.3. The molecule has 0 atom stereocenters. The molecule has 0 saturated heterocycles. The van der Waals surface area contributed by atoms with E-state index in [1.807, 2.05) is 0 Å². The summed E-state index contributed by atoms with van der Waals surface area (Å²) in [5.41, 5.74) is 0.879. The van der Waals surface area contributed by atoms with Crippen LogP contribution in [0.4, 0.5) is 26.0 Å². The van der Waals surface area contributed by atoms with E-state index in [1.54, 1.807) is 13.0 Å². The van der Waals surface area contributed by atoms with Crippen LogP contribution >= 0.6 is 0 Å². The zero-order chi connectivity index (χ0) is 16.2. The van der Waals surface area contributed by atoms with Crippen molar-refractivity contribution in [2.24, 2.45) is 0 Å². The van der Waals surface area contributed by atoms with E-state index in [0.717, 1.165) is 12.1 Å². The van der Waals surface area contributed by atoms with Gasteiger partial charge in [-0.05, 0) is 30.7 Å². The van der Waals surface area contributed by atoms with E-state index in [1.165, 1.54) is 18.3 Å². The van der Waals surface area contributed by atoms with Crippen LogP contribution in [-0.4, -0.2) is 19.2 Å². The quantitative estimate of drug-likeness (QED) is 0.854. The van der Waals surface area contributed by atoms with Crippen LogP contribution in [0.1, 0.15) is 13.3 Å². The lowest BCUT2D eigenvalue weighted by Gasteiger charge is -2.09. The van der Waals surface area contributed by atoms with Crippen molar-refractivity contribution in [2.45, 2.75) is 13.3 Å². The van der Waals surface area contributed by atoms with E-state index in [-0.39, 0.29) is 11.6 Å². The van der Waals surface area contributed by atoms with Gasteiger partial charge in [0, 0.05) is 11.8 Å². The minimum atomic E-state index is -3.39. The van der Waals surface area contributed by atoms with Gasteiger partial charge in [-0.25, -0.2) is 22.2 Å². The maximum atomic E-state index is 13.1. The fraction of sp³-hybridized carbons (Fsp3) is 0.214. The average Bonchev–Trinajstić information content (AvgIpc) is 2.44. The molecule has 0 unspecified atom stereocenters. The molecule has 1 aromatic carbocycles. The molecule has 0 bridgehead atoms. The van der Waals surface area contributed by atoms with Crippen LogP contribution in [0, 0.1) is 11.6 Å². The third-order valence-electron chi connectivity index (χ3n) is 2.70. The summed E-state index contributed by atoms with van der Waals surface area (Å²) in [5, 5.41) is 2.84. The second-order valence-corrected chi connectivity index (χ2v) is 6.45. The van der Waals surface area contributed by atoms with Gasteiger partial charge in [-0.15, -0.1) is 0 Å². The Kier molecular flexibility index (Phi) is 4.92. The van der Waals surface area contributed by atoms with Crippen LogP contribution in [0.15, 0.2) is 36.5 Å². The molecule has 0 amide bonds. The minimum absolute atomic E-state index is 0.0174. The molecule has 2 N–H and O–H groups in total. The van der Waals surface area contributed by atoms with Gasteiger partial charge in [0.05, 0.1) is 17.6 Å². The molecule has 1 aromatic heterocycles. The van der Waals surface area contributed by atoms with Crippen LogP contribution in [0.5, 0.6) is 0 Å². The first-order chi connectivity index (χ1) is 10.4. The molecule has 118 valence electrons. The molecule has 2 rings (SSSR count). The van der Waals surface area contributed by atoms with E-state index in [0.29, 0.717) is 17.8 Å². The number of nitrogens with zero attached hydrogens (tertiary/aromatic N) is 1. The van der Waals surface area contributed by atoms with Gasteiger partial charge in [-0.1, -0.05) is 6.92 Å². The number of anilines is 3. The molecule has 5 nitrogen and oxygen atoms in total. The largest absolute Gasteiger partial charge is 0.354 e. The van der Waals surface area contributed by atoms with Crippen LogP contribution in [0.3, 0.4) is 0 Å². The molecule has 0 spiro atoms. The van der Waals surface area contributed by atoms with E-state index < -0.39 is 21.7 Å². The summed E-state index contributed by atoms with van der Waals surface area (Å²) < 4.78 is 51.5. The standard InChI is InChI=1S/C14H15F2N3O2S/c1-2-7-22(20,21)19-14-6-4-11(9-17-14)18-10-3-5-12(15)13(16)8-10/h3-6,8-9,18H,2,7H2,1H3,(H,17,19). The topological polar surface area (TPSA) is 71.1 Å². The Morgan fingerprint density at radius 3 is 2.41 bits per heavy atom. The summed E-state index contributed by atoms with van der Waals surface area (Å²) in [7, 11) is -3.39. The average molecular weight is 327 g/mol. The first-order valence-corrected chi connectivity index (χ1v) is 8.23. The highest BCUT2D eigenvalue weighted by atomic mass is 32.2. The third-order valence-corrected chi connectivity index (χ3v) is 4.17. The summed E-state index contributed by atoms with van der Waals surface area (Å²) >= 11 is 0. The highest BCUT2D eigenvalue weighted by Crippen LogP contribution is 2.19. The molecular weight excluding hydrogens is 312 g/mol. The Balaban J connectivity index is 2.07. The fourth-order valence-electron chi connectivity index (χ4n) is 1.75. The molecule has 0 fully saturated rings. The van der Waals surface area contributed by atoms with Gasteiger partial charge in [0.15, 0.2) is 11.6 Å². The zero-order valence-electron chi connectivity index (χ0n) is 11.8. The summed E-state index contributed by atoms with van der Waals surface area (Å²) in [6.45, 7) is 1.77. The molecule has 0 aliphatic heterocycles. The Morgan fingerprint density at radius 2 is 1.82 bits per heavy atom. The van der Waals surface area contributed by atoms with E-state index in [2.05, 4.69) is 15.0 Å². The second-order valence-electron chi connectivity index (χ2n) is 4.61. The van der Waals surface area contributed by atoms with Crippen molar-refractivity contribution in [3.05, 3.63) is 48.2 Å². The van der Waals surface area contributed by atoms with Gasteiger partial charge in [-0.3, -0.25) is 4.72 Å². The van der Waals surface area contributed by atoms with Crippen molar-refractivity contribution in [1.29, 1.82) is 0 Å². The van der Waals surface area contributed by atoms with Crippen molar-refractivity contribution in [1.82, 2.24) is 4.98 Å². The van der Waals surface area contributed by atoms with Gasteiger partial charge in [0.2, 0.25) is 10.0 Å². The SMILES string of the molecule is CCCS(=O)(=O)Nc1ccc(Nc2ccc(F)c(F)c2)cn1. The Bertz CT molecular complexity index is 749. The molecule has 1 heterocycles. The first kappa shape index (κ1) is 16.2. The minimum Gasteiger partial charge on any atom is -0.354 e. The number of halogens is 2. The monoisotopic (exact) mass is 327 g/mol. The van der Waals surface area contributed by atoms with Crippen molar-refractivity contribution in [3.8, 4) is 0 Å². The van der Waals surface area contributed by atoms with Crippen LogP contribution in [0.2, 0.25) is 0 Å². The fourth-order valence-corrected chi connectivity index (χ4v) is 2.83. The lowest BCUT2D eigenvalue weighted by molar-refractivity contribution is 0.509. The second kappa shape index (κ2) is 6.69. The maximum Gasteiger partial charge on any atom is 0.233 e. The van der Waals surface area contributed by atoms with Gasteiger partial charge < -0.3 is 5.32 Å².